The molecule has 1 aromatic heterocycles. The molecule has 4 heteroatoms. The van der Waals surface area contributed by atoms with Gasteiger partial charge in [0.05, 0.1) is 0 Å². The van der Waals surface area contributed by atoms with Crippen LogP contribution in [-0.4, -0.2) is 29.1 Å². The number of hydrogen-bond donors (Lipinski definition) is 0. The fourth-order valence-corrected chi connectivity index (χ4v) is 3.32. The fraction of sp³-hybridized carbons (Fsp3) is 0.421. The topological polar surface area (TPSA) is 28.5 Å². The van der Waals surface area contributed by atoms with Crippen LogP contribution < -0.4 is 10.5 Å². The van der Waals surface area contributed by atoms with Crippen LogP contribution in [-0.2, 0) is 20.0 Å². The molecule has 122 valence electrons. The number of nitrogens with zero attached hydrogens (tertiary/aromatic N) is 3. The van der Waals surface area contributed by atoms with E-state index < -0.39 is 0 Å². The Bertz CT molecular complexity index is 763. The van der Waals surface area contributed by atoms with Gasteiger partial charge in [-0.3, -0.25) is 4.79 Å². The summed E-state index contributed by atoms with van der Waals surface area (Å²) in [7, 11) is 3.95. The van der Waals surface area contributed by atoms with Crippen LogP contribution in [0.5, 0.6) is 0 Å². The van der Waals surface area contributed by atoms with Crippen molar-refractivity contribution in [2.75, 3.05) is 18.5 Å². The lowest BCUT2D eigenvalue weighted by molar-refractivity contribution is 0.313. The lowest BCUT2D eigenvalue weighted by Crippen LogP contribution is -2.33. The predicted molar refractivity (Wildman–Crippen MR) is 95.4 cm³/mol. The van der Waals surface area contributed by atoms with Crippen molar-refractivity contribution in [3.8, 4) is 0 Å². The molecule has 0 saturated heterocycles. The summed E-state index contributed by atoms with van der Waals surface area (Å²) in [6, 6.07) is 10.7. The first kappa shape index (κ1) is 15.8. The number of pyridine rings is 1. The molecule has 2 heterocycles. The zero-order valence-corrected chi connectivity index (χ0v) is 14.4. The second-order valence-electron chi connectivity index (χ2n) is 6.71. The Hall–Kier alpha value is -2.07. The molecule has 0 unspecified atom stereocenters. The summed E-state index contributed by atoms with van der Waals surface area (Å²) in [5.74, 6) is 0. The van der Waals surface area contributed by atoms with Crippen LogP contribution in [0.3, 0.4) is 0 Å². The van der Waals surface area contributed by atoms with E-state index in [1.807, 2.05) is 12.1 Å². The quantitative estimate of drug-likeness (QED) is 0.872. The van der Waals surface area contributed by atoms with E-state index in [1.54, 1.807) is 17.8 Å². The first-order valence-electron chi connectivity index (χ1n) is 8.22. The molecule has 0 fully saturated rings. The van der Waals surface area contributed by atoms with Gasteiger partial charge in [-0.25, -0.2) is 0 Å². The third-order valence-corrected chi connectivity index (χ3v) is 4.55. The minimum absolute atomic E-state index is 0.0380. The Morgan fingerprint density at radius 1 is 1.13 bits per heavy atom. The molecule has 0 atom stereocenters. The normalized spacial score (nSPS) is 14.8. The second kappa shape index (κ2) is 6.20. The molecule has 0 spiro atoms. The van der Waals surface area contributed by atoms with E-state index in [1.165, 1.54) is 11.1 Å². The van der Waals surface area contributed by atoms with Crippen molar-refractivity contribution in [3.05, 3.63) is 58.0 Å². The standard InChI is InChI=1S/C19H25N3O/c1-14(2)22(18-6-5-10-21(4)19(18)23)17-8-7-15-9-11-20(3)13-16(15)12-17/h5-8,10,12,14H,9,11,13H2,1-4H3. The van der Waals surface area contributed by atoms with Gasteiger partial charge in [0.15, 0.2) is 0 Å². The first-order valence-corrected chi connectivity index (χ1v) is 8.22. The van der Waals surface area contributed by atoms with Gasteiger partial charge in [0.2, 0.25) is 0 Å². The van der Waals surface area contributed by atoms with Crippen LogP contribution in [0.1, 0.15) is 25.0 Å². The average molecular weight is 311 g/mol. The maximum Gasteiger partial charge on any atom is 0.274 e. The molecule has 0 bridgehead atoms. The third kappa shape index (κ3) is 3.04. The van der Waals surface area contributed by atoms with Gasteiger partial charge in [-0.1, -0.05) is 6.07 Å². The minimum Gasteiger partial charge on any atom is -0.334 e. The summed E-state index contributed by atoms with van der Waals surface area (Å²) in [6.45, 7) is 6.33. The van der Waals surface area contributed by atoms with E-state index in [0.717, 1.165) is 30.9 Å². The molecule has 4 nitrogen and oxygen atoms in total. The Balaban J connectivity index is 2.07. The van der Waals surface area contributed by atoms with Gasteiger partial charge in [0.25, 0.3) is 5.56 Å². The molecular weight excluding hydrogens is 286 g/mol. The van der Waals surface area contributed by atoms with Gasteiger partial charge in [0.1, 0.15) is 5.69 Å². The summed E-state index contributed by atoms with van der Waals surface area (Å²) in [4.78, 5) is 17.0. The molecule has 0 amide bonds. The smallest absolute Gasteiger partial charge is 0.274 e. The van der Waals surface area contributed by atoms with E-state index in [0.29, 0.717) is 0 Å². The van der Waals surface area contributed by atoms with Crippen molar-refractivity contribution in [2.45, 2.75) is 32.9 Å². The van der Waals surface area contributed by atoms with Gasteiger partial charge in [-0.15, -0.1) is 0 Å². The first-order chi connectivity index (χ1) is 11.0. The molecular formula is C19H25N3O. The van der Waals surface area contributed by atoms with E-state index in [2.05, 4.69) is 48.9 Å². The highest BCUT2D eigenvalue weighted by atomic mass is 16.1. The number of rotatable bonds is 3. The molecule has 1 aromatic carbocycles. The van der Waals surface area contributed by atoms with E-state index >= 15 is 0 Å². The third-order valence-electron chi connectivity index (χ3n) is 4.55. The van der Waals surface area contributed by atoms with Crippen LogP contribution in [0, 0.1) is 0 Å². The van der Waals surface area contributed by atoms with Gasteiger partial charge in [-0.05, 0) is 62.7 Å². The molecule has 0 aliphatic carbocycles. The van der Waals surface area contributed by atoms with E-state index in [9.17, 15) is 4.79 Å². The minimum atomic E-state index is 0.0380. The lowest BCUT2D eigenvalue weighted by Gasteiger charge is -2.31. The summed E-state index contributed by atoms with van der Waals surface area (Å²) < 4.78 is 1.64. The number of hydrogen-bond acceptors (Lipinski definition) is 3. The van der Waals surface area contributed by atoms with Gasteiger partial charge >= 0.3 is 0 Å². The zero-order chi connectivity index (χ0) is 16.6. The number of anilines is 2. The molecule has 3 rings (SSSR count). The van der Waals surface area contributed by atoms with Crippen molar-refractivity contribution < 1.29 is 0 Å². The van der Waals surface area contributed by atoms with Crippen LogP contribution in [0.15, 0.2) is 41.3 Å². The largest absolute Gasteiger partial charge is 0.334 e. The number of likely N-dealkylation sites (N-methyl/N-ethyl adjacent to an activating group) is 1. The molecule has 0 saturated carbocycles. The SMILES string of the molecule is CC(C)N(c1ccc2c(c1)CN(C)CC2)c1cccn(C)c1=O. The molecule has 0 radical (unpaired) electrons. The van der Waals surface area contributed by atoms with Gasteiger partial charge in [-0.2, -0.15) is 0 Å². The van der Waals surface area contributed by atoms with Crippen molar-refractivity contribution in [1.82, 2.24) is 9.47 Å². The van der Waals surface area contributed by atoms with Crippen LogP contribution in [0.2, 0.25) is 0 Å². The molecule has 1 aliphatic heterocycles. The highest BCUT2D eigenvalue weighted by Gasteiger charge is 2.20. The average Bonchev–Trinajstić information content (AvgIpc) is 2.51. The number of fused-ring (bicyclic) bond motifs is 1. The summed E-state index contributed by atoms with van der Waals surface area (Å²) in [5, 5.41) is 0. The number of aromatic nitrogens is 1. The van der Waals surface area contributed by atoms with Crippen molar-refractivity contribution in [1.29, 1.82) is 0 Å². The highest BCUT2D eigenvalue weighted by Crippen LogP contribution is 2.29. The van der Waals surface area contributed by atoms with E-state index in [-0.39, 0.29) is 11.6 Å². The molecule has 0 N–H and O–H groups in total. The monoisotopic (exact) mass is 311 g/mol. The van der Waals surface area contributed by atoms with Crippen LogP contribution in [0.4, 0.5) is 11.4 Å². The zero-order valence-electron chi connectivity index (χ0n) is 14.4. The number of benzene rings is 1. The van der Waals surface area contributed by atoms with E-state index in [4.69, 9.17) is 0 Å². The molecule has 2 aromatic rings. The maximum atomic E-state index is 12.5. The summed E-state index contributed by atoms with van der Waals surface area (Å²) in [6.07, 6.45) is 2.90. The fourth-order valence-electron chi connectivity index (χ4n) is 3.32. The number of aryl methyl sites for hydroxylation is 1. The Morgan fingerprint density at radius 3 is 2.65 bits per heavy atom. The predicted octanol–water partition coefficient (Wildman–Crippen LogP) is 2.92. The van der Waals surface area contributed by atoms with Crippen molar-refractivity contribution >= 4 is 11.4 Å². The maximum absolute atomic E-state index is 12.5. The van der Waals surface area contributed by atoms with Crippen LogP contribution >= 0.6 is 0 Å². The van der Waals surface area contributed by atoms with Gasteiger partial charge < -0.3 is 14.4 Å². The lowest BCUT2D eigenvalue weighted by atomic mass is 9.98. The van der Waals surface area contributed by atoms with Crippen LogP contribution in [0.25, 0.3) is 0 Å². The van der Waals surface area contributed by atoms with Gasteiger partial charge in [0, 0.05) is 38.1 Å². The summed E-state index contributed by atoms with van der Waals surface area (Å²) in [5.41, 5.74) is 4.66. The second-order valence-corrected chi connectivity index (χ2v) is 6.71. The Kier molecular flexibility index (Phi) is 4.26. The molecule has 1 aliphatic rings. The Labute approximate surface area is 138 Å². The molecule has 23 heavy (non-hydrogen) atoms. The summed E-state index contributed by atoms with van der Waals surface area (Å²) >= 11 is 0. The van der Waals surface area contributed by atoms with Crippen molar-refractivity contribution in [2.24, 2.45) is 7.05 Å². The Morgan fingerprint density at radius 2 is 1.91 bits per heavy atom. The highest BCUT2D eigenvalue weighted by molar-refractivity contribution is 5.64. The van der Waals surface area contributed by atoms with Crippen molar-refractivity contribution in [3.63, 3.8) is 0 Å².